The van der Waals surface area contributed by atoms with Gasteiger partial charge >= 0.3 is 0 Å². The Morgan fingerprint density at radius 3 is 2.67 bits per heavy atom. The molecule has 0 N–H and O–H groups in total. The van der Waals surface area contributed by atoms with Crippen molar-refractivity contribution in [2.75, 3.05) is 19.7 Å². The zero-order valence-electron chi connectivity index (χ0n) is 10.6. The van der Waals surface area contributed by atoms with Gasteiger partial charge in [0.15, 0.2) is 0 Å². The van der Waals surface area contributed by atoms with Crippen LogP contribution in [0.3, 0.4) is 0 Å². The molecule has 2 fully saturated rings. The number of hydrogen-bond acceptors (Lipinski definition) is 3. The van der Waals surface area contributed by atoms with Crippen LogP contribution in [0.4, 0.5) is 0 Å². The van der Waals surface area contributed by atoms with Crippen LogP contribution in [-0.4, -0.2) is 36.1 Å². The van der Waals surface area contributed by atoms with Crippen LogP contribution in [0, 0.1) is 0 Å². The molecule has 1 spiro atoms. The number of hydrogen-bond donors (Lipinski definition) is 0. The summed E-state index contributed by atoms with van der Waals surface area (Å²) in [6.07, 6.45) is 8.59. The molecular weight excluding hydrogens is 230 g/mol. The summed E-state index contributed by atoms with van der Waals surface area (Å²) in [6, 6.07) is 1.73. The lowest BCUT2D eigenvalue weighted by Crippen LogP contribution is -2.49. The average Bonchev–Trinajstić information content (AvgIpc) is 2.94. The second-order valence-corrected chi connectivity index (χ2v) is 5.29. The predicted molar refractivity (Wildman–Crippen MR) is 66.4 cm³/mol. The number of carbonyl (C=O) groups is 1. The number of rotatable bonds is 1. The highest BCUT2D eigenvalue weighted by atomic mass is 16.5. The van der Waals surface area contributed by atoms with Crippen molar-refractivity contribution in [1.82, 2.24) is 4.90 Å². The minimum Gasteiger partial charge on any atom is -0.472 e. The Balaban J connectivity index is 1.61. The van der Waals surface area contributed by atoms with Gasteiger partial charge in [-0.05, 0) is 38.2 Å². The van der Waals surface area contributed by atoms with Crippen molar-refractivity contribution >= 4 is 5.91 Å². The van der Waals surface area contributed by atoms with Crippen molar-refractivity contribution in [1.29, 1.82) is 0 Å². The Hall–Kier alpha value is -1.29. The molecule has 0 aliphatic carbocycles. The second-order valence-electron chi connectivity index (χ2n) is 5.29. The number of furan rings is 1. The number of likely N-dealkylation sites (tertiary alicyclic amines) is 1. The van der Waals surface area contributed by atoms with Crippen LogP contribution in [0.25, 0.3) is 0 Å². The molecule has 0 unspecified atom stereocenters. The molecule has 1 amide bonds. The first-order valence-corrected chi connectivity index (χ1v) is 6.75. The first kappa shape index (κ1) is 11.8. The minimum atomic E-state index is 0.0609. The number of nitrogens with zero attached hydrogens (tertiary/aromatic N) is 1. The monoisotopic (exact) mass is 249 g/mol. The fourth-order valence-corrected chi connectivity index (χ4v) is 2.99. The summed E-state index contributed by atoms with van der Waals surface area (Å²) in [7, 11) is 0. The zero-order valence-corrected chi connectivity index (χ0v) is 10.6. The number of piperidine rings is 1. The van der Waals surface area contributed by atoms with Gasteiger partial charge in [0.25, 0.3) is 5.91 Å². The lowest BCUT2D eigenvalue weighted by Gasteiger charge is -2.43. The smallest absolute Gasteiger partial charge is 0.257 e. The molecule has 0 aromatic carbocycles. The average molecular weight is 249 g/mol. The Morgan fingerprint density at radius 2 is 2.06 bits per heavy atom. The molecule has 1 aromatic rings. The topological polar surface area (TPSA) is 42.7 Å². The SMILES string of the molecule is O=C(c1ccoc1)N1CCC2(CCCCO2)CC1. The molecule has 1 aromatic heterocycles. The fraction of sp³-hybridized carbons (Fsp3) is 0.643. The first-order chi connectivity index (χ1) is 8.79. The number of carbonyl (C=O) groups excluding carboxylic acids is 1. The van der Waals surface area contributed by atoms with Crippen LogP contribution < -0.4 is 0 Å². The quantitative estimate of drug-likeness (QED) is 0.767. The number of ether oxygens (including phenoxy) is 1. The summed E-state index contributed by atoms with van der Waals surface area (Å²) in [6.45, 7) is 2.48. The van der Waals surface area contributed by atoms with Gasteiger partial charge in [-0.25, -0.2) is 0 Å². The van der Waals surface area contributed by atoms with Crippen molar-refractivity contribution in [2.24, 2.45) is 0 Å². The fourth-order valence-electron chi connectivity index (χ4n) is 2.99. The van der Waals surface area contributed by atoms with Crippen LogP contribution in [0.2, 0.25) is 0 Å². The van der Waals surface area contributed by atoms with E-state index in [0.29, 0.717) is 5.56 Å². The van der Waals surface area contributed by atoms with Crippen LogP contribution >= 0.6 is 0 Å². The van der Waals surface area contributed by atoms with Gasteiger partial charge in [0.2, 0.25) is 0 Å². The predicted octanol–water partition coefficient (Wildman–Crippen LogP) is 2.45. The Labute approximate surface area is 107 Å². The van der Waals surface area contributed by atoms with E-state index >= 15 is 0 Å². The van der Waals surface area contributed by atoms with Crippen LogP contribution in [-0.2, 0) is 4.74 Å². The molecule has 0 bridgehead atoms. The third-order valence-electron chi connectivity index (χ3n) is 4.16. The Kier molecular flexibility index (Phi) is 3.12. The lowest BCUT2D eigenvalue weighted by molar-refractivity contribution is -0.107. The van der Waals surface area contributed by atoms with E-state index in [2.05, 4.69) is 0 Å². The van der Waals surface area contributed by atoms with E-state index in [1.165, 1.54) is 19.1 Å². The Bertz CT molecular complexity index is 397. The summed E-state index contributed by atoms with van der Waals surface area (Å²) >= 11 is 0. The molecule has 0 radical (unpaired) electrons. The van der Waals surface area contributed by atoms with Gasteiger partial charge in [-0.3, -0.25) is 4.79 Å². The largest absolute Gasteiger partial charge is 0.472 e. The van der Waals surface area contributed by atoms with Gasteiger partial charge in [0.05, 0.1) is 17.4 Å². The molecule has 3 heterocycles. The zero-order chi connectivity index (χ0) is 12.4. The summed E-state index contributed by atoms with van der Waals surface area (Å²) in [5.41, 5.74) is 0.710. The normalized spacial score (nSPS) is 23.2. The molecule has 2 aliphatic rings. The van der Waals surface area contributed by atoms with E-state index in [1.54, 1.807) is 12.3 Å². The third kappa shape index (κ3) is 2.17. The summed E-state index contributed by atoms with van der Waals surface area (Å²) in [4.78, 5) is 14.1. The van der Waals surface area contributed by atoms with Gasteiger partial charge in [0.1, 0.15) is 6.26 Å². The molecule has 0 atom stereocenters. The van der Waals surface area contributed by atoms with Crippen molar-refractivity contribution in [3.8, 4) is 0 Å². The minimum absolute atomic E-state index is 0.0609. The van der Waals surface area contributed by atoms with Gasteiger partial charge in [-0.1, -0.05) is 0 Å². The first-order valence-electron chi connectivity index (χ1n) is 6.75. The molecule has 4 nitrogen and oxygen atoms in total. The highest BCUT2D eigenvalue weighted by Crippen LogP contribution is 2.35. The van der Waals surface area contributed by atoms with Gasteiger partial charge < -0.3 is 14.1 Å². The van der Waals surface area contributed by atoms with E-state index in [-0.39, 0.29) is 11.5 Å². The van der Waals surface area contributed by atoms with Crippen LogP contribution in [0.5, 0.6) is 0 Å². The molecule has 3 rings (SSSR count). The lowest BCUT2D eigenvalue weighted by atomic mass is 9.84. The van der Waals surface area contributed by atoms with Crippen molar-refractivity contribution in [3.05, 3.63) is 24.2 Å². The van der Waals surface area contributed by atoms with Gasteiger partial charge in [0, 0.05) is 19.7 Å². The van der Waals surface area contributed by atoms with E-state index in [4.69, 9.17) is 9.15 Å². The van der Waals surface area contributed by atoms with Crippen molar-refractivity contribution in [3.63, 3.8) is 0 Å². The molecule has 18 heavy (non-hydrogen) atoms. The molecule has 0 saturated carbocycles. The molecule has 98 valence electrons. The highest BCUT2D eigenvalue weighted by molar-refractivity contribution is 5.93. The molecule has 2 aliphatic heterocycles. The standard InChI is InChI=1S/C14H19NO3/c16-13(12-3-10-17-11-12)15-7-5-14(6-8-15)4-1-2-9-18-14/h3,10-11H,1-2,4-9H2. The van der Waals surface area contributed by atoms with E-state index in [0.717, 1.165) is 39.0 Å². The summed E-state index contributed by atoms with van der Waals surface area (Å²) in [5, 5.41) is 0. The maximum absolute atomic E-state index is 12.2. The van der Waals surface area contributed by atoms with Gasteiger partial charge in [-0.15, -0.1) is 0 Å². The van der Waals surface area contributed by atoms with Crippen LogP contribution in [0.15, 0.2) is 23.0 Å². The maximum Gasteiger partial charge on any atom is 0.257 e. The van der Waals surface area contributed by atoms with Crippen molar-refractivity contribution < 1.29 is 13.9 Å². The van der Waals surface area contributed by atoms with Crippen LogP contribution in [0.1, 0.15) is 42.5 Å². The number of amides is 1. The summed E-state index contributed by atoms with van der Waals surface area (Å²) in [5.74, 6) is 0.0782. The second kappa shape index (κ2) is 4.76. The van der Waals surface area contributed by atoms with Gasteiger partial charge in [-0.2, -0.15) is 0 Å². The van der Waals surface area contributed by atoms with E-state index in [9.17, 15) is 4.79 Å². The Morgan fingerprint density at radius 1 is 1.22 bits per heavy atom. The van der Waals surface area contributed by atoms with E-state index < -0.39 is 0 Å². The highest BCUT2D eigenvalue weighted by Gasteiger charge is 2.38. The molecule has 2 saturated heterocycles. The third-order valence-corrected chi connectivity index (χ3v) is 4.16. The molecular formula is C14H19NO3. The summed E-state index contributed by atoms with van der Waals surface area (Å²) < 4.78 is 10.9. The van der Waals surface area contributed by atoms with Crippen molar-refractivity contribution in [2.45, 2.75) is 37.7 Å². The van der Waals surface area contributed by atoms with E-state index in [1.807, 2.05) is 4.90 Å². The maximum atomic E-state index is 12.2. The molecule has 4 heteroatoms.